The van der Waals surface area contributed by atoms with Crippen LogP contribution in [0.2, 0.25) is 0 Å². The van der Waals surface area contributed by atoms with Crippen molar-refractivity contribution >= 4 is 22.9 Å². The van der Waals surface area contributed by atoms with Crippen molar-refractivity contribution in [3.8, 4) is 11.5 Å². The molecule has 1 N–H and O–H groups in total. The molecule has 4 aromatic rings. The molecule has 0 fully saturated rings. The van der Waals surface area contributed by atoms with E-state index in [9.17, 15) is 28.1 Å². The van der Waals surface area contributed by atoms with Gasteiger partial charge in [0, 0.05) is 23.5 Å². The topological polar surface area (TPSA) is 112 Å². The molecule has 34 heavy (non-hydrogen) atoms. The maximum Gasteiger partial charge on any atom is 0.416 e. The number of halogens is 3. The van der Waals surface area contributed by atoms with Crippen molar-refractivity contribution in [2.45, 2.75) is 20.0 Å². The summed E-state index contributed by atoms with van der Waals surface area (Å²) in [6.45, 7) is 3.56. The normalized spacial score (nSPS) is 11.4. The van der Waals surface area contributed by atoms with E-state index >= 15 is 0 Å². The van der Waals surface area contributed by atoms with Gasteiger partial charge in [-0.25, -0.2) is 9.50 Å². The number of aromatic nitrogens is 3. The van der Waals surface area contributed by atoms with Crippen LogP contribution in [0, 0.1) is 24.0 Å². The lowest BCUT2D eigenvalue weighted by molar-refractivity contribution is -0.384. The van der Waals surface area contributed by atoms with Crippen LogP contribution in [0.1, 0.15) is 27.3 Å². The standard InChI is InChI=1S/C22H16F3N5O4/c1-12-6-13(2)29-20(27-12)19(11-26-29)21(31)28-15-8-16(30(32)33)10-18(9-15)34-17-5-3-4-14(7-17)22(23,24)25/h3-11H,1-2H3,(H,28,31). The predicted molar refractivity (Wildman–Crippen MR) is 115 cm³/mol. The summed E-state index contributed by atoms with van der Waals surface area (Å²) in [5.74, 6) is -0.933. The van der Waals surface area contributed by atoms with Crippen LogP contribution in [0.25, 0.3) is 5.65 Å². The number of nitrogens with zero attached hydrogens (tertiary/aromatic N) is 4. The van der Waals surface area contributed by atoms with Gasteiger partial charge in [0.15, 0.2) is 5.65 Å². The second kappa shape index (κ2) is 8.46. The molecule has 0 saturated carbocycles. The minimum absolute atomic E-state index is 0.00454. The van der Waals surface area contributed by atoms with Gasteiger partial charge in [-0.1, -0.05) is 6.07 Å². The Morgan fingerprint density at radius 1 is 1.12 bits per heavy atom. The Labute approximate surface area is 190 Å². The number of anilines is 1. The number of non-ortho nitro benzene ring substituents is 1. The van der Waals surface area contributed by atoms with Crippen LogP contribution >= 0.6 is 0 Å². The molecule has 0 atom stereocenters. The maximum absolute atomic E-state index is 13.0. The zero-order valence-corrected chi connectivity index (χ0v) is 17.8. The highest BCUT2D eigenvalue weighted by Gasteiger charge is 2.30. The van der Waals surface area contributed by atoms with Crippen molar-refractivity contribution in [2.24, 2.45) is 0 Å². The van der Waals surface area contributed by atoms with Crippen molar-refractivity contribution in [3.63, 3.8) is 0 Å². The molecule has 4 rings (SSSR count). The number of carbonyl (C=O) groups is 1. The third kappa shape index (κ3) is 4.65. The number of amides is 1. The number of ether oxygens (including phenoxy) is 1. The molecule has 2 aromatic carbocycles. The van der Waals surface area contributed by atoms with E-state index in [1.54, 1.807) is 19.9 Å². The van der Waals surface area contributed by atoms with Crippen LogP contribution in [-0.4, -0.2) is 25.4 Å². The largest absolute Gasteiger partial charge is 0.457 e. The molecule has 0 spiro atoms. The van der Waals surface area contributed by atoms with E-state index in [2.05, 4.69) is 15.4 Å². The van der Waals surface area contributed by atoms with Crippen molar-refractivity contribution < 1.29 is 27.6 Å². The number of alkyl halides is 3. The molecular weight excluding hydrogens is 455 g/mol. The van der Waals surface area contributed by atoms with Crippen molar-refractivity contribution in [2.75, 3.05) is 5.32 Å². The molecule has 0 radical (unpaired) electrons. The molecule has 0 aliphatic rings. The van der Waals surface area contributed by atoms with E-state index in [4.69, 9.17) is 4.74 Å². The number of fused-ring (bicyclic) bond motifs is 1. The minimum Gasteiger partial charge on any atom is -0.457 e. The lowest BCUT2D eigenvalue weighted by Gasteiger charge is -2.11. The summed E-state index contributed by atoms with van der Waals surface area (Å²) in [4.78, 5) is 27.9. The summed E-state index contributed by atoms with van der Waals surface area (Å²) in [5, 5.41) is 18.0. The third-order valence-corrected chi connectivity index (χ3v) is 4.78. The first-order valence-electron chi connectivity index (χ1n) is 9.79. The summed E-state index contributed by atoms with van der Waals surface area (Å²) in [7, 11) is 0. The molecule has 174 valence electrons. The Morgan fingerprint density at radius 3 is 2.59 bits per heavy atom. The van der Waals surface area contributed by atoms with Gasteiger partial charge in [0.25, 0.3) is 11.6 Å². The molecule has 0 unspecified atom stereocenters. The van der Waals surface area contributed by atoms with Crippen LogP contribution in [0.3, 0.4) is 0 Å². The van der Waals surface area contributed by atoms with Crippen LogP contribution in [-0.2, 0) is 6.18 Å². The third-order valence-electron chi connectivity index (χ3n) is 4.78. The van der Waals surface area contributed by atoms with E-state index in [1.165, 1.54) is 22.8 Å². The molecule has 0 aliphatic heterocycles. The highest BCUT2D eigenvalue weighted by Crippen LogP contribution is 2.34. The number of carbonyl (C=O) groups excluding carboxylic acids is 1. The van der Waals surface area contributed by atoms with Crippen LogP contribution in [0.4, 0.5) is 24.5 Å². The minimum atomic E-state index is -4.58. The Balaban J connectivity index is 1.66. The number of aryl methyl sites for hydroxylation is 2. The fourth-order valence-electron chi connectivity index (χ4n) is 3.32. The average Bonchev–Trinajstić information content (AvgIpc) is 3.17. The van der Waals surface area contributed by atoms with Gasteiger partial charge in [0.2, 0.25) is 0 Å². The molecule has 2 heterocycles. The lowest BCUT2D eigenvalue weighted by Crippen LogP contribution is -2.12. The smallest absolute Gasteiger partial charge is 0.416 e. The highest BCUT2D eigenvalue weighted by atomic mass is 19.4. The van der Waals surface area contributed by atoms with Gasteiger partial charge in [-0.05, 0) is 38.1 Å². The number of nitro benzene ring substituents is 1. The molecule has 2 aromatic heterocycles. The number of hydrogen-bond donors (Lipinski definition) is 1. The summed E-state index contributed by atoms with van der Waals surface area (Å²) in [6.07, 6.45) is -3.26. The maximum atomic E-state index is 13.0. The molecule has 0 saturated heterocycles. The van der Waals surface area contributed by atoms with Gasteiger partial charge in [-0.3, -0.25) is 14.9 Å². The predicted octanol–water partition coefficient (Wildman–Crippen LogP) is 5.32. The Kier molecular flexibility index (Phi) is 5.65. The zero-order valence-electron chi connectivity index (χ0n) is 17.8. The van der Waals surface area contributed by atoms with Gasteiger partial charge in [-0.2, -0.15) is 18.3 Å². The summed E-state index contributed by atoms with van der Waals surface area (Å²) in [6, 6.07) is 9.28. The summed E-state index contributed by atoms with van der Waals surface area (Å²) < 4.78 is 45.8. The fourth-order valence-corrected chi connectivity index (χ4v) is 3.32. The zero-order chi connectivity index (χ0) is 24.6. The van der Waals surface area contributed by atoms with Gasteiger partial charge in [0.1, 0.15) is 17.1 Å². The molecule has 0 aliphatic carbocycles. The van der Waals surface area contributed by atoms with Crippen LogP contribution < -0.4 is 10.1 Å². The first-order chi connectivity index (χ1) is 16.0. The quantitative estimate of drug-likeness (QED) is 0.312. The van der Waals surface area contributed by atoms with E-state index < -0.39 is 28.3 Å². The number of benzene rings is 2. The van der Waals surface area contributed by atoms with E-state index in [0.717, 1.165) is 36.0 Å². The number of nitrogens with one attached hydrogen (secondary N) is 1. The van der Waals surface area contributed by atoms with Crippen LogP contribution in [0.5, 0.6) is 11.5 Å². The van der Waals surface area contributed by atoms with Crippen molar-refractivity contribution in [1.82, 2.24) is 14.6 Å². The Morgan fingerprint density at radius 2 is 1.88 bits per heavy atom. The van der Waals surface area contributed by atoms with Gasteiger partial charge >= 0.3 is 6.18 Å². The number of hydrogen-bond acceptors (Lipinski definition) is 6. The second-order valence-corrected chi connectivity index (χ2v) is 7.39. The lowest BCUT2D eigenvalue weighted by atomic mass is 10.2. The highest BCUT2D eigenvalue weighted by molar-refractivity contribution is 6.08. The van der Waals surface area contributed by atoms with E-state index in [0.29, 0.717) is 11.3 Å². The Hall–Kier alpha value is -4.48. The van der Waals surface area contributed by atoms with Crippen molar-refractivity contribution in [1.29, 1.82) is 0 Å². The first kappa shape index (κ1) is 22.7. The average molecular weight is 471 g/mol. The summed E-state index contributed by atoms with van der Waals surface area (Å²) in [5.41, 5.74) is 0.518. The van der Waals surface area contributed by atoms with Crippen molar-refractivity contribution in [3.05, 3.63) is 87.4 Å². The fraction of sp³-hybridized carbons (Fsp3) is 0.136. The van der Waals surface area contributed by atoms with E-state index in [-0.39, 0.29) is 22.7 Å². The first-order valence-corrected chi connectivity index (χ1v) is 9.79. The van der Waals surface area contributed by atoms with Crippen LogP contribution in [0.15, 0.2) is 54.7 Å². The van der Waals surface area contributed by atoms with Gasteiger partial charge < -0.3 is 10.1 Å². The monoisotopic (exact) mass is 471 g/mol. The molecule has 1 amide bonds. The molecule has 12 heteroatoms. The SMILES string of the molecule is Cc1cc(C)n2ncc(C(=O)Nc3cc(Oc4cccc(C(F)(F)F)c4)cc([N+](=O)[O-])c3)c2n1. The Bertz CT molecular complexity index is 1430. The number of rotatable bonds is 5. The van der Waals surface area contributed by atoms with Gasteiger partial charge in [0.05, 0.1) is 28.4 Å². The van der Waals surface area contributed by atoms with Gasteiger partial charge in [-0.15, -0.1) is 0 Å². The molecule has 0 bridgehead atoms. The molecule has 9 nitrogen and oxygen atoms in total. The van der Waals surface area contributed by atoms with E-state index in [1.807, 2.05) is 0 Å². The molecular formula is C22H16F3N5O4. The summed E-state index contributed by atoms with van der Waals surface area (Å²) >= 11 is 0. The second-order valence-electron chi connectivity index (χ2n) is 7.39. The number of nitro groups is 1.